The summed E-state index contributed by atoms with van der Waals surface area (Å²) in [5, 5.41) is 0. The van der Waals surface area contributed by atoms with E-state index in [9.17, 15) is 13.2 Å². The molecule has 7 nitrogen and oxygen atoms in total. The number of nitrogens with zero attached hydrogens (tertiary/aromatic N) is 3. The highest BCUT2D eigenvalue weighted by molar-refractivity contribution is 7.89. The third kappa shape index (κ3) is 3.20. The molecule has 0 spiro atoms. The lowest BCUT2D eigenvalue weighted by Gasteiger charge is -2.30. The van der Waals surface area contributed by atoms with Crippen LogP contribution in [0, 0.1) is 5.92 Å². The zero-order chi connectivity index (χ0) is 20.0. The second kappa shape index (κ2) is 7.11. The van der Waals surface area contributed by atoms with Crippen LogP contribution in [0.5, 0.6) is 5.88 Å². The second-order valence-electron chi connectivity index (χ2n) is 7.94. The Bertz CT molecular complexity index is 1020. The third-order valence-corrected chi connectivity index (χ3v) is 8.02. The number of amides is 1. The van der Waals surface area contributed by atoms with Crippen LogP contribution in [0.15, 0.2) is 53.6 Å². The first kappa shape index (κ1) is 18.6. The van der Waals surface area contributed by atoms with Crippen LogP contribution in [-0.4, -0.2) is 53.7 Å². The topological polar surface area (TPSA) is 79.8 Å². The van der Waals surface area contributed by atoms with E-state index in [1.54, 1.807) is 11.0 Å². The fourth-order valence-electron chi connectivity index (χ4n) is 4.32. The maximum absolute atomic E-state index is 13.6. The minimum Gasteiger partial charge on any atom is -0.470 e. The summed E-state index contributed by atoms with van der Waals surface area (Å²) in [5.41, 5.74) is 0.894. The van der Waals surface area contributed by atoms with E-state index in [0.717, 1.165) is 24.8 Å². The number of aromatic nitrogens is 1. The Morgan fingerprint density at radius 2 is 1.90 bits per heavy atom. The normalized spacial score (nSPS) is 26.0. The van der Waals surface area contributed by atoms with Crippen LogP contribution in [0.25, 0.3) is 0 Å². The number of benzene rings is 1. The first-order valence-corrected chi connectivity index (χ1v) is 11.4. The molecule has 1 aliphatic carbocycles. The number of rotatable bonds is 3. The molecule has 1 aromatic heterocycles. The number of carbonyl (C=O) groups excluding carboxylic acids is 1. The molecule has 1 amide bonds. The fraction of sp³-hybridized carbons (Fsp3) is 0.429. The van der Waals surface area contributed by atoms with Gasteiger partial charge in [0.2, 0.25) is 21.8 Å². The van der Waals surface area contributed by atoms with Gasteiger partial charge in [0.25, 0.3) is 0 Å². The number of hydrogen-bond donors (Lipinski definition) is 0. The molecular weight excluding hydrogens is 390 g/mol. The smallest absolute Gasteiger partial charge is 0.249 e. The highest BCUT2D eigenvalue weighted by atomic mass is 32.2. The van der Waals surface area contributed by atoms with Gasteiger partial charge in [-0.25, -0.2) is 13.4 Å². The zero-order valence-corrected chi connectivity index (χ0v) is 16.8. The van der Waals surface area contributed by atoms with Crippen LogP contribution in [0.2, 0.25) is 0 Å². The number of fused-ring (bicyclic) bond motifs is 2. The Hall–Kier alpha value is -2.45. The van der Waals surface area contributed by atoms with Gasteiger partial charge in [0, 0.05) is 25.2 Å². The summed E-state index contributed by atoms with van der Waals surface area (Å²) in [4.78, 5) is 18.9. The van der Waals surface area contributed by atoms with Crippen LogP contribution in [0.3, 0.4) is 0 Å². The summed E-state index contributed by atoms with van der Waals surface area (Å²) in [6.45, 7) is 0.963. The maximum atomic E-state index is 13.6. The first-order chi connectivity index (χ1) is 14.0. The average Bonchev–Trinajstić information content (AvgIpc) is 3.06. The van der Waals surface area contributed by atoms with Gasteiger partial charge >= 0.3 is 0 Å². The van der Waals surface area contributed by atoms with E-state index in [2.05, 4.69) is 4.98 Å². The molecule has 1 saturated heterocycles. The standard InChI is InChI=1S/C21H23N3O4S/c25-21(16-8-4-9-16)23-13-17-18(14-23)28-20-19(10-5-11-22-20)29(26,27)24(17)12-15-6-2-1-3-7-15/h1-3,5-7,10-11,16-18H,4,8-9,12-14H2. The van der Waals surface area contributed by atoms with Crippen molar-refractivity contribution in [1.29, 1.82) is 0 Å². The van der Waals surface area contributed by atoms with Crippen LogP contribution < -0.4 is 4.74 Å². The van der Waals surface area contributed by atoms with Crippen molar-refractivity contribution in [2.75, 3.05) is 13.1 Å². The van der Waals surface area contributed by atoms with E-state index in [-0.39, 0.29) is 29.1 Å². The molecule has 2 aliphatic heterocycles. The van der Waals surface area contributed by atoms with Crippen molar-refractivity contribution in [2.45, 2.75) is 42.8 Å². The molecule has 2 aromatic rings. The van der Waals surface area contributed by atoms with Gasteiger partial charge in [-0.3, -0.25) is 4.79 Å². The largest absolute Gasteiger partial charge is 0.470 e. The quantitative estimate of drug-likeness (QED) is 0.769. The molecule has 3 aliphatic rings. The van der Waals surface area contributed by atoms with Gasteiger partial charge in [-0.1, -0.05) is 36.8 Å². The average molecular weight is 413 g/mol. The van der Waals surface area contributed by atoms with Gasteiger partial charge < -0.3 is 9.64 Å². The van der Waals surface area contributed by atoms with Crippen molar-refractivity contribution in [3.05, 3.63) is 54.2 Å². The summed E-state index contributed by atoms with van der Waals surface area (Å²) < 4.78 is 34.7. The molecule has 0 radical (unpaired) electrons. The third-order valence-electron chi connectivity index (χ3n) is 6.14. The molecule has 2 atom stereocenters. The van der Waals surface area contributed by atoms with Gasteiger partial charge in [0.15, 0.2) is 0 Å². The minimum absolute atomic E-state index is 0.0712. The molecule has 5 rings (SSSR count). The predicted molar refractivity (Wildman–Crippen MR) is 106 cm³/mol. The van der Waals surface area contributed by atoms with Crippen LogP contribution in [0.1, 0.15) is 24.8 Å². The Labute approximate surface area is 170 Å². The van der Waals surface area contributed by atoms with E-state index >= 15 is 0 Å². The summed E-state index contributed by atoms with van der Waals surface area (Å²) in [7, 11) is -3.82. The fourth-order valence-corrected chi connectivity index (χ4v) is 6.02. The van der Waals surface area contributed by atoms with Crippen molar-refractivity contribution in [3.63, 3.8) is 0 Å². The molecule has 152 valence electrons. The van der Waals surface area contributed by atoms with Gasteiger partial charge in [-0.15, -0.1) is 0 Å². The number of likely N-dealkylation sites (tertiary alicyclic amines) is 1. The monoisotopic (exact) mass is 413 g/mol. The van der Waals surface area contributed by atoms with E-state index in [4.69, 9.17) is 4.74 Å². The van der Waals surface area contributed by atoms with Crippen molar-refractivity contribution in [2.24, 2.45) is 5.92 Å². The first-order valence-electron chi connectivity index (χ1n) is 10.0. The number of pyridine rings is 1. The Kier molecular flexibility index (Phi) is 4.55. The van der Waals surface area contributed by atoms with E-state index in [1.807, 2.05) is 30.3 Å². The SMILES string of the molecule is O=C(C1CCC1)N1CC2Oc3ncccc3S(=O)(=O)N(Cc3ccccc3)C2C1. The van der Waals surface area contributed by atoms with Crippen LogP contribution in [-0.2, 0) is 21.4 Å². The van der Waals surface area contributed by atoms with Gasteiger partial charge in [0.05, 0.1) is 12.6 Å². The van der Waals surface area contributed by atoms with Crippen LogP contribution in [0.4, 0.5) is 0 Å². The number of sulfonamides is 1. The lowest BCUT2D eigenvalue weighted by atomic mass is 9.84. The molecule has 0 N–H and O–H groups in total. The Balaban J connectivity index is 1.53. The van der Waals surface area contributed by atoms with Gasteiger partial charge in [-0.2, -0.15) is 4.31 Å². The molecule has 1 aromatic carbocycles. The van der Waals surface area contributed by atoms with Crippen molar-refractivity contribution in [3.8, 4) is 5.88 Å². The summed E-state index contributed by atoms with van der Waals surface area (Å²) in [5.74, 6) is 0.309. The van der Waals surface area contributed by atoms with Crippen molar-refractivity contribution >= 4 is 15.9 Å². The van der Waals surface area contributed by atoms with Crippen molar-refractivity contribution in [1.82, 2.24) is 14.2 Å². The summed E-state index contributed by atoms with van der Waals surface area (Å²) in [6, 6.07) is 12.2. The van der Waals surface area contributed by atoms with Gasteiger partial charge in [0.1, 0.15) is 11.0 Å². The van der Waals surface area contributed by atoms with Gasteiger partial charge in [-0.05, 0) is 30.5 Å². The molecule has 2 unspecified atom stereocenters. The zero-order valence-electron chi connectivity index (χ0n) is 16.0. The predicted octanol–water partition coefficient (Wildman–Crippen LogP) is 2.04. The van der Waals surface area contributed by atoms with Crippen molar-refractivity contribution < 1.29 is 17.9 Å². The summed E-state index contributed by atoms with van der Waals surface area (Å²) in [6.07, 6.45) is 4.01. The lowest BCUT2D eigenvalue weighted by molar-refractivity contribution is -0.137. The molecule has 2 fully saturated rings. The minimum atomic E-state index is -3.82. The highest BCUT2D eigenvalue weighted by Crippen LogP contribution is 2.37. The lowest BCUT2D eigenvalue weighted by Crippen LogP contribution is -2.46. The second-order valence-corrected chi connectivity index (χ2v) is 9.80. The van der Waals surface area contributed by atoms with E-state index in [1.165, 1.54) is 16.6 Å². The number of carbonyl (C=O) groups is 1. The molecule has 3 heterocycles. The number of ether oxygens (including phenoxy) is 1. The van der Waals surface area contributed by atoms with E-state index in [0.29, 0.717) is 13.1 Å². The molecule has 8 heteroatoms. The highest BCUT2D eigenvalue weighted by Gasteiger charge is 2.49. The molecule has 0 bridgehead atoms. The van der Waals surface area contributed by atoms with E-state index < -0.39 is 22.2 Å². The number of hydrogen-bond acceptors (Lipinski definition) is 5. The molecule has 1 saturated carbocycles. The Morgan fingerprint density at radius 1 is 1.10 bits per heavy atom. The molecule has 29 heavy (non-hydrogen) atoms. The Morgan fingerprint density at radius 3 is 2.62 bits per heavy atom. The maximum Gasteiger partial charge on any atom is 0.249 e. The summed E-state index contributed by atoms with van der Waals surface area (Å²) >= 11 is 0. The molecular formula is C21H23N3O4S. The van der Waals surface area contributed by atoms with Crippen LogP contribution >= 0.6 is 0 Å².